The van der Waals surface area contributed by atoms with Crippen LogP contribution in [0.2, 0.25) is 0 Å². The summed E-state index contributed by atoms with van der Waals surface area (Å²) < 4.78 is 42.1. The van der Waals surface area contributed by atoms with E-state index in [-0.39, 0.29) is 22.3 Å². The molecule has 0 bridgehead atoms. The van der Waals surface area contributed by atoms with Crippen molar-refractivity contribution >= 4 is 34.1 Å². The SMILES string of the molecule is CCNC(=O)Nc1cc(-c2nc(C(F)(F)F)cs2)c(-c2ccc3c(c2)c(=O)c(C)cn3C(C)CN(C)C)cn1. The lowest BCUT2D eigenvalue weighted by molar-refractivity contribution is -0.140. The van der Waals surface area contributed by atoms with Crippen molar-refractivity contribution in [2.45, 2.75) is 33.0 Å². The molecule has 8 nitrogen and oxygen atoms in total. The number of fused-ring (bicyclic) bond motifs is 1. The van der Waals surface area contributed by atoms with Crippen molar-refractivity contribution in [2.24, 2.45) is 0 Å². The van der Waals surface area contributed by atoms with Crippen molar-refractivity contribution in [1.82, 2.24) is 24.8 Å². The van der Waals surface area contributed by atoms with Gasteiger partial charge in [-0.05, 0) is 58.6 Å². The van der Waals surface area contributed by atoms with E-state index >= 15 is 0 Å². The summed E-state index contributed by atoms with van der Waals surface area (Å²) in [6.45, 7) is 6.74. The summed E-state index contributed by atoms with van der Waals surface area (Å²) in [6, 6.07) is 6.46. The Balaban J connectivity index is 1.89. The number of nitrogens with one attached hydrogen (secondary N) is 2. The predicted molar refractivity (Wildman–Crippen MR) is 148 cm³/mol. The molecule has 1 unspecified atom stereocenters. The Bertz CT molecular complexity index is 1580. The fourth-order valence-corrected chi connectivity index (χ4v) is 5.28. The quantitative estimate of drug-likeness (QED) is 0.300. The number of urea groups is 1. The molecule has 0 saturated heterocycles. The van der Waals surface area contributed by atoms with Crippen molar-refractivity contribution in [1.29, 1.82) is 0 Å². The van der Waals surface area contributed by atoms with Gasteiger partial charge in [-0.2, -0.15) is 13.2 Å². The maximum Gasteiger partial charge on any atom is 0.434 e. The summed E-state index contributed by atoms with van der Waals surface area (Å²) in [5, 5.41) is 6.73. The van der Waals surface area contributed by atoms with Crippen LogP contribution < -0.4 is 16.1 Å². The number of pyridine rings is 2. The zero-order valence-corrected chi connectivity index (χ0v) is 23.0. The molecule has 0 saturated carbocycles. The Hall–Kier alpha value is -3.77. The normalized spacial score (nSPS) is 12.6. The molecule has 1 aromatic carbocycles. The van der Waals surface area contributed by atoms with E-state index in [1.54, 1.807) is 19.9 Å². The highest BCUT2D eigenvalue weighted by molar-refractivity contribution is 7.13. The summed E-state index contributed by atoms with van der Waals surface area (Å²) in [4.78, 5) is 35.4. The van der Waals surface area contributed by atoms with Crippen LogP contribution in [0, 0.1) is 6.92 Å². The molecule has 39 heavy (non-hydrogen) atoms. The van der Waals surface area contributed by atoms with Gasteiger partial charge in [0, 0.05) is 59.0 Å². The van der Waals surface area contributed by atoms with Gasteiger partial charge in [0.2, 0.25) is 0 Å². The van der Waals surface area contributed by atoms with E-state index in [2.05, 4.69) is 37.0 Å². The molecule has 0 spiro atoms. The number of carbonyl (C=O) groups is 1. The van der Waals surface area contributed by atoms with Crippen LogP contribution in [0.4, 0.5) is 23.8 Å². The van der Waals surface area contributed by atoms with Crippen LogP contribution in [0.15, 0.2) is 46.8 Å². The number of nitrogens with zero attached hydrogens (tertiary/aromatic N) is 4. The minimum absolute atomic E-state index is 0.0839. The van der Waals surface area contributed by atoms with Crippen LogP contribution in [0.3, 0.4) is 0 Å². The van der Waals surface area contributed by atoms with Gasteiger partial charge in [-0.15, -0.1) is 11.3 Å². The fourth-order valence-electron chi connectivity index (χ4n) is 4.42. The molecular weight excluding hydrogens is 529 g/mol. The smallest absolute Gasteiger partial charge is 0.343 e. The number of thiazole rings is 1. The first-order chi connectivity index (χ1) is 18.4. The molecule has 3 heterocycles. The van der Waals surface area contributed by atoms with Crippen molar-refractivity contribution in [3.8, 4) is 21.7 Å². The van der Waals surface area contributed by atoms with E-state index < -0.39 is 17.9 Å². The summed E-state index contributed by atoms with van der Waals surface area (Å²) in [5.41, 5.74) is 1.63. The molecule has 2 N–H and O–H groups in total. The van der Waals surface area contributed by atoms with E-state index in [1.165, 1.54) is 12.3 Å². The van der Waals surface area contributed by atoms with Gasteiger partial charge in [-0.1, -0.05) is 6.07 Å². The number of carbonyl (C=O) groups excluding carboxylic acids is 1. The minimum atomic E-state index is -4.60. The van der Waals surface area contributed by atoms with Crippen molar-refractivity contribution in [3.63, 3.8) is 0 Å². The fraction of sp³-hybridized carbons (Fsp3) is 0.333. The van der Waals surface area contributed by atoms with Gasteiger partial charge in [0.05, 0.1) is 5.52 Å². The van der Waals surface area contributed by atoms with Gasteiger partial charge < -0.3 is 14.8 Å². The molecule has 0 fully saturated rings. The third-order valence-electron chi connectivity index (χ3n) is 6.13. The van der Waals surface area contributed by atoms with Crippen LogP contribution in [0.1, 0.15) is 31.1 Å². The molecule has 206 valence electrons. The molecule has 12 heteroatoms. The third-order valence-corrected chi connectivity index (χ3v) is 7.01. The van der Waals surface area contributed by atoms with Crippen molar-refractivity contribution in [2.75, 3.05) is 32.5 Å². The number of anilines is 1. The molecule has 0 radical (unpaired) electrons. The number of aryl methyl sites for hydroxylation is 1. The van der Waals surface area contributed by atoms with Gasteiger partial charge in [0.1, 0.15) is 10.8 Å². The van der Waals surface area contributed by atoms with E-state index in [9.17, 15) is 22.8 Å². The maximum absolute atomic E-state index is 13.3. The second kappa shape index (κ2) is 11.1. The second-order valence-electron chi connectivity index (χ2n) is 9.53. The number of hydrogen-bond donors (Lipinski definition) is 2. The van der Waals surface area contributed by atoms with Gasteiger partial charge >= 0.3 is 12.2 Å². The Kier molecular flexibility index (Phi) is 8.07. The highest BCUT2D eigenvalue weighted by Gasteiger charge is 2.34. The van der Waals surface area contributed by atoms with Crippen LogP contribution in [-0.4, -0.2) is 52.7 Å². The molecule has 3 aromatic heterocycles. The average molecular weight is 559 g/mol. The van der Waals surface area contributed by atoms with Crippen LogP contribution in [0.25, 0.3) is 32.6 Å². The molecule has 2 amide bonds. The zero-order valence-electron chi connectivity index (χ0n) is 22.2. The first-order valence-electron chi connectivity index (χ1n) is 12.3. The summed E-state index contributed by atoms with van der Waals surface area (Å²) in [7, 11) is 3.96. The molecule has 0 aliphatic rings. The Labute approximate surface area is 227 Å². The summed E-state index contributed by atoms with van der Waals surface area (Å²) in [6.07, 6.45) is -1.28. The number of hydrogen-bond acceptors (Lipinski definition) is 6. The third kappa shape index (κ3) is 6.12. The van der Waals surface area contributed by atoms with Gasteiger partial charge in [0.15, 0.2) is 11.1 Å². The number of rotatable bonds is 7. The number of aromatic nitrogens is 3. The summed E-state index contributed by atoms with van der Waals surface area (Å²) in [5.74, 6) is 0.153. The molecule has 0 aliphatic heterocycles. The standard InChI is InChI=1S/C27H29F3N6O2S/c1-6-31-26(38)34-23-10-18(25-33-22(14-39-25)27(28,29)30)20(11-32-23)17-7-8-21-19(9-17)24(37)15(2)12-36(21)16(3)13-35(4)5/h7-12,14,16H,6,13H2,1-5H3,(H2,31,32,34,38). The first kappa shape index (κ1) is 28.2. The minimum Gasteiger partial charge on any atom is -0.343 e. The summed E-state index contributed by atoms with van der Waals surface area (Å²) >= 11 is 0.840. The van der Waals surface area contributed by atoms with Gasteiger partial charge in [-0.25, -0.2) is 14.8 Å². The molecule has 0 aliphatic carbocycles. The molecule has 4 rings (SSSR count). The molecular formula is C27H29F3N6O2S. The lowest BCUT2D eigenvalue weighted by atomic mass is 9.99. The lowest BCUT2D eigenvalue weighted by Crippen LogP contribution is -2.28. The highest BCUT2D eigenvalue weighted by Crippen LogP contribution is 2.39. The van der Waals surface area contributed by atoms with Crippen LogP contribution in [0.5, 0.6) is 0 Å². The molecule has 1 atom stereocenters. The van der Waals surface area contributed by atoms with E-state index in [0.717, 1.165) is 28.8 Å². The highest BCUT2D eigenvalue weighted by atomic mass is 32.1. The number of likely N-dealkylation sites (N-methyl/N-ethyl adjacent to an activating group) is 1. The van der Waals surface area contributed by atoms with E-state index in [1.807, 2.05) is 32.4 Å². The monoisotopic (exact) mass is 558 g/mol. The Morgan fingerprint density at radius 2 is 1.95 bits per heavy atom. The number of benzene rings is 1. The largest absolute Gasteiger partial charge is 0.434 e. The van der Waals surface area contributed by atoms with Crippen LogP contribution in [-0.2, 0) is 6.18 Å². The van der Waals surface area contributed by atoms with Crippen molar-refractivity contribution in [3.05, 3.63) is 63.5 Å². The van der Waals surface area contributed by atoms with Gasteiger partial charge in [-0.3, -0.25) is 10.1 Å². The maximum atomic E-state index is 13.3. The van der Waals surface area contributed by atoms with Crippen molar-refractivity contribution < 1.29 is 18.0 Å². The topological polar surface area (TPSA) is 92.2 Å². The van der Waals surface area contributed by atoms with E-state index in [4.69, 9.17) is 0 Å². The number of halogens is 3. The van der Waals surface area contributed by atoms with Gasteiger partial charge in [0.25, 0.3) is 0 Å². The Morgan fingerprint density at radius 1 is 1.21 bits per heavy atom. The average Bonchev–Trinajstić information content (AvgIpc) is 3.37. The number of alkyl halides is 3. The first-order valence-corrected chi connectivity index (χ1v) is 13.2. The molecule has 4 aromatic rings. The Morgan fingerprint density at radius 3 is 2.59 bits per heavy atom. The predicted octanol–water partition coefficient (Wildman–Crippen LogP) is 5.78. The van der Waals surface area contributed by atoms with Crippen LogP contribution >= 0.6 is 11.3 Å². The number of amides is 2. The van der Waals surface area contributed by atoms with E-state index in [0.29, 0.717) is 34.2 Å². The zero-order chi connectivity index (χ0) is 28.5. The second-order valence-corrected chi connectivity index (χ2v) is 10.4. The lowest BCUT2D eigenvalue weighted by Gasteiger charge is -2.23.